The van der Waals surface area contributed by atoms with Crippen LogP contribution in [0.5, 0.6) is 0 Å². The Hall–Kier alpha value is -2.06. The highest BCUT2D eigenvalue weighted by atomic mass is 32.1. The monoisotopic (exact) mass is 290 g/mol. The van der Waals surface area contributed by atoms with Gasteiger partial charge in [0.15, 0.2) is 4.96 Å². The molecule has 7 nitrogen and oxygen atoms in total. The fraction of sp³-hybridized carbons (Fsp3) is 0.333. The van der Waals surface area contributed by atoms with Gasteiger partial charge in [-0.05, 0) is 13.8 Å². The highest BCUT2D eigenvalue weighted by Crippen LogP contribution is 2.12. The largest absolute Gasteiger partial charge is 0.323 e. The van der Waals surface area contributed by atoms with E-state index >= 15 is 0 Å². The molecule has 0 aliphatic rings. The maximum absolute atomic E-state index is 12.0. The summed E-state index contributed by atoms with van der Waals surface area (Å²) in [6.45, 7) is 4.14. The van der Waals surface area contributed by atoms with E-state index in [0.717, 1.165) is 11.4 Å². The van der Waals surface area contributed by atoms with Crippen molar-refractivity contribution in [1.82, 2.24) is 24.4 Å². The fourth-order valence-electron chi connectivity index (χ4n) is 1.95. The number of thiazole rings is 1. The summed E-state index contributed by atoms with van der Waals surface area (Å²) >= 11 is 1.45. The van der Waals surface area contributed by atoms with Crippen LogP contribution in [0.4, 0.5) is 0 Å². The summed E-state index contributed by atoms with van der Waals surface area (Å²) < 4.78 is 3.24. The van der Waals surface area contributed by atoms with Gasteiger partial charge in [-0.3, -0.25) is 9.20 Å². The molecule has 104 valence electrons. The summed E-state index contributed by atoms with van der Waals surface area (Å²) in [6, 6.07) is 1.37. The van der Waals surface area contributed by atoms with Crippen molar-refractivity contribution in [2.24, 2.45) is 5.73 Å². The van der Waals surface area contributed by atoms with E-state index in [4.69, 9.17) is 5.73 Å². The molecule has 0 fully saturated rings. The number of rotatable bonds is 3. The molecule has 0 saturated carbocycles. The zero-order valence-electron chi connectivity index (χ0n) is 11.1. The van der Waals surface area contributed by atoms with Crippen LogP contribution in [-0.4, -0.2) is 24.4 Å². The first-order chi connectivity index (χ1) is 9.54. The van der Waals surface area contributed by atoms with Crippen molar-refractivity contribution >= 4 is 16.3 Å². The first kappa shape index (κ1) is 12.9. The van der Waals surface area contributed by atoms with Crippen LogP contribution >= 0.6 is 11.3 Å². The molecule has 0 saturated heterocycles. The second kappa shape index (κ2) is 4.80. The van der Waals surface area contributed by atoms with Gasteiger partial charge in [-0.2, -0.15) is 0 Å². The zero-order valence-corrected chi connectivity index (χ0v) is 12.0. The molecule has 20 heavy (non-hydrogen) atoms. The summed E-state index contributed by atoms with van der Waals surface area (Å²) in [7, 11) is 0. The van der Waals surface area contributed by atoms with E-state index in [0.29, 0.717) is 17.2 Å². The third kappa shape index (κ3) is 2.23. The fourth-order valence-corrected chi connectivity index (χ4v) is 2.84. The molecule has 3 aromatic heterocycles. The van der Waals surface area contributed by atoms with Crippen LogP contribution in [-0.2, 0) is 6.54 Å². The number of aryl methyl sites for hydroxylation is 1. The molecule has 0 radical (unpaired) electrons. The van der Waals surface area contributed by atoms with Gasteiger partial charge in [0, 0.05) is 23.2 Å². The van der Waals surface area contributed by atoms with Crippen molar-refractivity contribution in [2.75, 3.05) is 0 Å². The van der Waals surface area contributed by atoms with Gasteiger partial charge in [0.05, 0.1) is 24.1 Å². The maximum atomic E-state index is 12.0. The lowest BCUT2D eigenvalue weighted by molar-refractivity contribution is 0.637. The molecule has 1 unspecified atom stereocenters. The first-order valence-corrected chi connectivity index (χ1v) is 7.05. The highest BCUT2D eigenvalue weighted by Gasteiger charge is 2.09. The number of nitrogens with two attached hydrogens (primary N) is 1. The van der Waals surface area contributed by atoms with Crippen molar-refractivity contribution in [1.29, 1.82) is 0 Å². The lowest BCUT2D eigenvalue weighted by Gasteiger charge is -2.01. The molecular formula is C12H14N6OS. The second-order valence-electron chi connectivity index (χ2n) is 4.71. The topological polar surface area (TPSA) is 91.1 Å². The van der Waals surface area contributed by atoms with Gasteiger partial charge in [0.2, 0.25) is 0 Å². The van der Waals surface area contributed by atoms with Crippen LogP contribution < -0.4 is 11.3 Å². The maximum Gasteiger partial charge on any atom is 0.259 e. The minimum absolute atomic E-state index is 0.0729. The SMILES string of the molecule is Cc1csc2nc(Cn3cc(C(C)N)nn3)cc(=O)n12. The van der Waals surface area contributed by atoms with Crippen molar-refractivity contribution in [3.8, 4) is 0 Å². The Bertz CT molecular complexity index is 815. The van der Waals surface area contributed by atoms with Crippen LogP contribution in [0.3, 0.4) is 0 Å². The molecule has 3 aromatic rings. The van der Waals surface area contributed by atoms with Crippen LogP contribution in [0.2, 0.25) is 0 Å². The van der Waals surface area contributed by atoms with E-state index in [1.807, 2.05) is 19.2 Å². The average Bonchev–Trinajstić information content (AvgIpc) is 2.97. The molecule has 0 aliphatic heterocycles. The van der Waals surface area contributed by atoms with Crippen LogP contribution in [0.25, 0.3) is 4.96 Å². The molecule has 8 heteroatoms. The molecular weight excluding hydrogens is 276 g/mol. The van der Waals surface area contributed by atoms with E-state index in [2.05, 4.69) is 15.3 Å². The second-order valence-corrected chi connectivity index (χ2v) is 5.55. The molecule has 2 N–H and O–H groups in total. The Morgan fingerprint density at radius 3 is 3.00 bits per heavy atom. The number of hydrogen-bond acceptors (Lipinski definition) is 6. The van der Waals surface area contributed by atoms with Gasteiger partial charge in [-0.25, -0.2) is 9.67 Å². The van der Waals surface area contributed by atoms with E-state index < -0.39 is 0 Å². The molecule has 0 amide bonds. The standard InChI is InChI=1S/C12H14N6OS/c1-7-6-20-12-14-9(3-11(19)18(7)12)4-17-5-10(8(2)13)15-16-17/h3,5-6,8H,4,13H2,1-2H3. The highest BCUT2D eigenvalue weighted by molar-refractivity contribution is 7.15. The van der Waals surface area contributed by atoms with Gasteiger partial charge in [0.25, 0.3) is 5.56 Å². The predicted molar refractivity (Wildman–Crippen MR) is 75.8 cm³/mol. The Labute approximate surface area is 118 Å². The summed E-state index contributed by atoms with van der Waals surface area (Å²) in [6.07, 6.45) is 1.77. The normalized spacial score (nSPS) is 12.9. The number of fused-ring (bicyclic) bond motifs is 1. The Morgan fingerprint density at radius 2 is 2.30 bits per heavy atom. The summed E-state index contributed by atoms with van der Waals surface area (Å²) in [4.78, 5) is 17.2. The van der Waals surface area contributed by atoms with Crippen molar-refractivity contribution in [3.63, 3.8) is 0 Å². The quantitative estimate of drug-likeness (QED) is 0.767. The van der Waals surface area contributed by atoms with Crippen LogP contribution in [0, 0.1) is 6.92 Å². The Morgan fingerprint density at radius 1 is 1.50 bits per heavy atom. The summed E-state index contributed by atoms with van der Waals surface area (Å²) in [5.74, 6) is 0. The smallest absolute Gasteiger partial charge is 0.259 e. The minimum atomic E-state index is -0.162. The molecule has 0 bridgehead atoms. The average molecular weight is 290 g/mol. The van der Waals surface area contributed by atoms with Crippen molar-refractivity contribution in [3.05, 3.63) is 45.1 Å². The van der Waals surface area contributed by atoms with Crippen molar-refractivity contribution < 1.29 is 0 Å². The molecule has 0 aliphatic carbocycles. The third-order valence-corrected chi connectivity index (χ3v) is 3.92. The molecule has 1 atom stereocenters. The first-order valence-electron chi connectivity index (χ1n) is 6.17. The van der Waals surface area contributed by atoms with E-state index in [9.17, 15) is 4.79 Å². The summed E-state index contributed by atoms with van der Waals surface area (Å²) in [5, 5.41) is 9.88. The lowest BCUT2D eigenvalue weighted by Crippen LogP contribution is -2.16. The van der Waals surface area contributed by atoms with Gasteiger partial charge in [-0.15, -0.1) is 16.4 Å². The molecule has 3 rings (SSSR count). The zero-order chi connectivity index (χ0) is 14.3. The predicted octanol–water partition coefficient (Wildman–Crippen LogP) is 0.724. The molecule has 0 aromatic carbocycles. The van der Waals surface area contributed by atoms with E-state index in [1.165, 1.54) is 17.4 Å². The number of aromatic nitrogens is 5. The van der Waals surface area contributed by atoms with Crippen LogP contribution in [0.15, 0.2) is 22.4 Å². The summed E-state index contributed by atoms with van der Waals surface area (Å²) in [5.41, 5.74) is 7.95. The van der Waals surface area contributed by atoms with Gasteiger partial charge in [-0.1, -0.05) is 5.21 Å². The minimum Gasteiger partial charge on any atom is -0.323 e. The van der Waals surface area contributed by atoms with Gasteiger partial charge >= 0.3 is 0 Å². The lowest BCUT2D eigenvalue weighted by atomic mass is 10.3. The van der Waals surface area contributed by atoms with Crippen molar-refractivity contribution in [2.45, 2.75) is 26.4 Å². The van der Waals surface area contributed by atoms with Crippen LogP contribution in [0.1, 0.15) is 30.0 Å². The Balaban J connectivity index is 1.96. The van der Waals surface area contributed by atoms with Gasteiger partial charge < -0.3 is 5.73 Å². The number of hydrogen-bond donors (Lipinski definition) is 1. The van der Waals surface area contributed by atoms with E-state index in [-0.39, 0.29) is 11.6 Å². The Kier molecular flexibility index (Phi) is 3.11. The third-order valence-electron chi connectivity index (χ3n) is 2.98. The van der Waals surface area contributed by atoms with E-state index in [1.54, 1.807) is 15.3 Å². The molecule has 0 spiro atoms. The number of nitrogens with zero attached hydrogens (tertiary/aromatic N) is 5. The molecule has 3 heterocycles. The van der Waals surface area contributed by atoms with Gasteiger partial charge in [0.1, 0.15) is 0 Å².